The Morgan fingerprint density at radius 1 is 0.941 bits per heavy atom. The summed E-state index contributed by atoms with van der Waals surface area (Å²) in [7, 11) is 3.28. The lowest BCUT2D eigenvalue weighted by atomic mass is 10.1. The van der Waals surface area contributed by atoms with Crippen LogP contribution in [0.5, 0.6) is 17.2 Å². The number of nitrogens with one attached hydrogen (secondary N) is 1. The molecule has 178 valence electrons. The average molecular weight is 462 g/mol. The van der Waals surface area contributed by atoms with E-state index in [2.05, 4.69) is 12.2 Å². The predicted octanol–water partition coefficient (Wildman–Crippen LogP) is 5.08. The minimum absolute atomic E-state index is 0.493. The summed E-state index contributed by atoms with van der Waals surface area (Å²) in [4.78, 5) is 9.72. The summed E-state index contributed by atoms with van der Waals surface area (Å²) in [6.07, 6.45) is 1.79. The number of aromatic nitrogens is 4. The van der Waals surface area contributed by atoms with Gasteiger partial charge in [0, 0.05) is 18.5 Å². The Kier molecular flexibility index (Phi) is 7.15. The monoisotopic (exact) mass is 461 g/mol. The zero-order valence-electron chi connectivity index (χ0n) is 20.4. The molecule has 4 rings (SSSR count). The molecule has 0 fully saturated rings. The van der Waals surface area contributed by atoms with Crippen LogP contribution in [-0.4, -0.2) is 40.4 Å². The van der Waals surface area contributed by atoms with E-state index in [1.165, 1.54) is 0 Å². The molecule has 0 bridgehead atoms. The van der Waals surface area contributed by atoms with Crippen LogP contribution in [0.2, 0.25) is 0 Å². The molecule has 0 amide bonds. The second kappa shape index (κ2) is 10.4. The third-order valence-corrected chi connectivity index (χ3v) is 5.56. The molecule has 34 heavy (non-hydrogen) atoms. The molecular weight excluding hydrogens is 430 g/mol. The van der Waals surface area contributed by atoms with Crippen molar-refractivity contribution in [3.8, 4) is 28.6 Å². The second-order valence-corrected chi connectivity index (χ2v) is 7.84. The van der Waals surface area contributed by atoms with E-state index in [0.29, 0.717) is 36.3 Å². The number of benzene rings is 2. The van der Waals surface area contributed by atoms with Gasteiger partial charge in [-0.3, -0.25) is 0 Å². The van der Waals surface area contributed by atoms with Gasteiger partial charge in [0.25, 0.3) is 0 Å². The number of nitrogens with zero attached hydrogens (tertiary/aromatic N) is 4. The number of imidazole rings is 1. The number of anilines is 1. The number of fused-ring (bicyclic) bond motifs is 1. The highest BCUT2D eigenvalue weighted by atomic mass is 16.5. The van der Waals surface area contributed by atoms with Crippen LogP contribution in [0.15, 0.2) is 42.5 Å². The van der Waals surface area contributed by atoms with Crippen molar-refractivity contribution in [3.05, 3.63) is 59.5 Å². The van der Waals surface area contributed by atoms with Crippen molar-refractivity contribution in [3.63, 3.8) is 0 Å². The molecule has 0 unspecified atom stereocenters. The predicted molar refractivity (Wildman–Crippen MR) is 133 cm³/mol. The number of hydrogen-bond donors (Lipinski definition) is 1. The highest BCUT2D eigenvalue weighted by molar-refractivity contribution is 5.74. The third kappa shape index (κ3) is 4.48. The van der Waals surface area contributed by atoms with E-state index in [9.17, 15) is 0 Å². The molecule has 0 spiro atoms. The first-order chi connectivity index (χ1) is 16.6. The van der Waals surface area contributed by atoms with Crippen LogP contribution in [0.4, 0.5) is 5.82 Å². The Morgan fingerprint density at radius 3 is 2.47 bits per heavy atom. The fraction of sp³-hybridized carbons (Fsp3) is 0.346. The van der Waals surface area contributed by atoms with Gasteiger partial charge in [-0.25, -0.2) is 14.5 Å². The highest BCUT2D eigenvalue weighted by Gasteiger charge is 2.19. The fourth-order valence-electron chi connectivity index (χ4n) is 4.06. The summed E-state index contributed by atoms with van der Waals surface area (Å²) in [5, 5.41) is 8.38. The minimum atomic E-state index is 0.493. The van der Waals surface area contributed by atoms with E-state index in [1.807, 2.05) is 60.8 Å². The van der Waals surface area contributed by atoms with Gasteiger partial charge in [-0.1, -0.05) is 31.2 Å². The number of rotatable bonds is 10. The molecule has 0 saturated carbocycles. The molecule has 0 saturated heterocycles. The van der Waals surface area contributed by atoms with Crippen LogP contribution in [0, 0.1) is 6.92 Å². The Balaban J connectivity index is 1.83. The summed E-state index contributed by atoms with van der Waals surface area (Å²) in [5.74, 6) is 4.32. The first-order valence-electron chi connectivity index (χ1n) is 11.5. The second-order valence-electron chi connectivity index (χ2n) is 7.84. The van der Waals surface area contributed by atoms with Crippen molar-refractivity contribution in [1.29, 1.82) is 0 Å². The van der Waals surface area contributed by atoms with Crippen LogP contribution >= 0.6 is 0 Å². The summed E-state index contributed by atoms with van der Waals surface area (Å²) in [6, 6.07) is 13.7. The Morgan fingerprint density at radius 2 is 1.74 bits per heavy atom. The quantitative estimate of drug-likeness (QED) is 0.353. The van der Waals surface area contributed by atoms with Crippen LogP contribution in [0.25, 0.3) is 16.9 Å². The van der Waals surface area contributed by atoms with Crippen molar-refractivity contribution in [2.45, 2.75) is 40.2 Å². The standard InChI is InChI=1S/C26H31N5O3/c1-6-11-22-28-17(3)23-26(27-16-18-12-10-15-21(32-4)24(18)33-5)29-25(30-31(22)23)19-13-8-9-14-20(19)34-7-2/h8-10,12-15H,6-7,11,16H2,1-5H3,(H,27,29,30). The molecule has 2 heterocycles. The topological polar surface area (TPSA) is 82.8 Å². The van der Waals surface area contributed by atoms with E-state index < -0.39 is 0 Å². The summed E-state index contributed by atoms with van der Waals surface area (Å²) in [5.41, 5.74) is 3.54. The molecule has 4 aromatic rings. The summed E-state index contributed by atoms with van der Waals surface area (Å²) in [6.45, 7) is 7.15. The van der Waals surface area contributed by atoms with E-state index in [4.69, 9.17) is 29.3 Å². The highest BCUT2D eigenvalue weighted by Crippen LogP contribution is 2.33. The average Bonchev–Trinajstić information content (AvgIpc) is 3.18. The normalized spacial score (nSPS) is 11.0. The number of aryl methyl sites for hydroxylation is 2. The Labute approximate surface area is 199 Å². The molecular formula is C26H31N5O3. The van der Waals surface area contributed by atoms with Gasteiger partial charge in [0.05, 0.1) is 32.1 Å². The third-order valence-electron chi connectivity index (χ3n) is 5.56. The number of hydrogen-bond acceptors (Lipinski definition) is 7. The van der Waals surface area contributed by atoms with Gasteiger partial charge in [-0.05, 0) is 38.5 Å². The number of para-hydroxylation sites is 2. The largest absolute Gasteiger partial charge is 0.493 e. The van der Waals surface area contributed by atoms with Crippen LogP contribution in [0.1, 0.15) is 37.4 Å². The molecule has 8 nitrogen and oxygen atoms in total. The maximum atomic E-state index is 5.86. The van der Waals surface area contributed by atoms with Crippen LogP contribution in [-0.2, 0) is 13.0 Å². The maximum absolute atomic E-state index is 5.86. The molecule has 2 aromatic carbocycles. The van der Waals surface area contributed by atoms with Gasteiger partial charge >= 0.3 is 0 Å². The summed E-state index contributed by atoms with van der Waals surface area (Å²) >= 11 is 0. The smallest absolute Gasteiger partial charge is 0.185 e. The molecule has 8 heteroatoms. The van der Waals surface area contributed by atoms with Gasteiger partial charge < -0.3 is 19.5 Å². The van der Waals surface area contributed by atoms with E-state index in [0.717, 1.165) is 46.8 Å². The number of methoxy groups -OCH3 is 2. The van der Waals surface area contributed by atoms with Crippen molar-refractivity contribution in [2.24, 2.45) is 0 Å². The molecule has 0 radical (unpaired) electrons. The summed E-state index contributed by atoms with van der Waals surface area (Å²) < 4.78 is 18.8. The molecule has 0 aliphatic heterocycles. The Hall–Kier alpha value is -3.81. The molecule has 0 aliphatic carbocycles. The van der Waals surface area contributed by atoms with Gasteiger partial charge in [0.2, 0.25) is 0 Å². The molecule has 0 atom stereocenters. The SMILES string of the molecule is CCCc1nc(C)c2c(NCc3cccc(OC)c3OC)nc(-c3ccccc3OCC)nn12. The van der Waals surface area contributed by atoms with Crippen molar-refractivity contribution < 1.29 is 14.2 Å². The van der Waals surface area contributed by atoms with Gasteiger partial charge in [-0.2, -0.15) is 0 Å². The van der Waals surface area contributed by atoms with Crippen molar-refractivity contribution in [1.82, 2.24) is 19.6 Å². The van der Waals surface area contributed by atoms with Gasteiger partial charge in [0.15, 0.2) is 23.1 Å². The van der Waals surface area contributed by atoms with Crippen LogP contribution < -0.4 is 19.5 Å². The number of ether oxygens (including phenoxy) is 3. The van der Waals surface area contributed by atoms with E-state index >= 15 is 0 Å². The Bertz CT molecular complexity index is 1290. The van der Waals surface area contributed by atoms with Gasteiger partial charge in [0.1, 0.15) is 17.1 Å². The van der Waals surface area contributed by atoms with Crippen molar-refractivity contribution >= 4 is 11.3 Å². The zero-order chi connectivity index (χ0) is 24.1. The zero-order valence-corrected chi connectivity index (χ0v) is 20.4. The lowest BCUT2D eigenvalue weighted by Crippen LogP contribution is -2.10. The van der Waals surface area contributed by atoms with Crippen LogP contribution in [0.3, 0.4) is 0 Å². The minimum Gasteiger partial charge on any atom is -0.493 e. The maximum Gasteiger partial charge on any atom is 0.185 e. The van der Waals surface area contributed by atoms with Crippen molar-refractivity contribution in [2.75, 3.05) is 26.1 Å². The fourth-order valence-corrected chi connectivity index (χ4v) is 4.06. The lowest BCUT2D eigenvalue weighted by molar-refractivity contribution is 0.341. The molecule has 2 aromatic heterocycles. The van der Waals surface area contributed by atoms with E-state index in [-0.39, 0.29) is 0 Å². The first-order valence-corrected chi connectivity index (χ1v) is 11.5. The van der Waals surface area contributed by atoms with E-state index in [1.54, 1.807) is 14.2 Å². The molecule has 1 N–H and O–H groups in total. The first kappa shape index (κ1) is 23.4. The lowest BCUT2D eigenvalue weighted by Gasteiger charge is -2.15. The van der Waals surface area contributed by atoms with Gasteiger partial charge in [-0.15, -0.1) is 5.10 Å². The molecule has 0 aliphatic rings.